The average Bonchev–Trinajstić information content (AvgIpc) is 3.38. The largest absolute Gasteiger partial charge is 0.479 e. The van der Waals surface area contributed by atoms with E-state index >= 15 is 0 Å². The molecule has 5 aromatic rings. The van der Waals surface area contributed by atoms with E-state index in [4.69, 9.17) is 4.74 Å². The summed E-state index contributed by atoms with van der Waals surface area (Å²) in [5.41, 5.74) is 3.58. The van der Waals surface area contributed by atoms with Crippen LogP contribution >= 0.6 is 0 Å². The zero-order valence-corrected chi connectivity index (χ0v) is 17.5. The molecule has 4 aromatic heterocycles. The van der Waals surface area contributed by atoms with Gasteiger partial charge in [0.05, 0.1) is 43.2 Å². The fourth-order valence-electron chi connectivity index (χ4n) is 3.78. The van der Waals surface area contributed by atoms with Crippen molar-refractivity contribution in [3.63, 3.8) is 0 Å². The van der Waals surface area contributed by atoms with Crippen molar-refractivity contribution in [1.82, 2.24) is 29.1 Å². The lowest BCUT2D eigenvalue weighted by Crippen LogP contribution is -2.12. The molecule has 0 bridgehead atoms. The van der Waals surface area contributed by atoms with Gasteiger partial charge in [-0.3, -0.25) is 0 Å². The number of aromatic nitrogens is 6. The van der Waals surface area contributed by atoms with Gasteiger partial charge in [-0.1, -0.05) is 0 Å². The predicted molar refractivity (Wildman–Crippen MR) is 118 cm³/mol. The normalized spacial score (nSPS) is 11.4. The number of fused-ring (bicyclic) bond motifs is 2. The zero-order chi connectivity index (χ0) is 22.9. The first-order valence-electron chi connectivity index (χ1n) is 10.1. The second-order valence-corrected chi connectivity index (χ2v) is 7.29. The quantitative estimate of drug-likeness (QED) is 0.392. The molecule has 0 aliphatic carbocycles. The molecular weight excluding hydrogens is 432 g/mol. The van der Waals surface area contributed by atoms with Crippen molar-refractivity contribution in [2.75, 3.05) is 25.6 Å². The van der Waals surface area contributed by atoms with Crippen LogP contribution in [0, 0.1) is 11.6 Å². The Morgan fingerprint density at radius 1 is 1.09 bits per heavy atom. The van der Waals surface area contributed by atoms with Crippen LogP contribution in [-0.2, 0) is 6.54 Å². The molecule has 33 heavy (non-hydrogen) atoms. The van der Waals surface area contributed by atoms with Gasteiger partial charge in [0, 0.05) is 18.8 Å². The molecule has 0 unspecified atom stereocenters. The van der Waals surface area contributed by atoms with Crippen LogP contribution in [0.3, 0.4) is 0 Å². The Balaban J connectivity index is 1.66. The second kappa shape index (κ2) is 8.43. The molecule has 0 radical (unpaired) electrons. The maximum atomic E-state index is 13.8. The van der Waals surface area contributed by atoms with Gasteiger partial charge >= 0.3 is 0 Å². The van der Waals surface area contributed by atoms with E-state index in [0.29, 0.717) is 45.3 Å². The lowest BCUT2D eigenvalue weighted by atomic mass is 10.2. The lowest BCUT2D eigenvalue weighted by molar-refractivity contribution is 0.310. The summed E-state index contributed by atoms with van der Waals surface area (Å²) in [5.74, 6) is -0.487. The van der Waals surface area contributed by atoms with E-state index in [-0.39, 0.29) is 19.7 Å². The highest BCUT2D eigenvalue weighted by molar-refractivity contribution is 5.84. The van der Waals surface area contributed by atoms with Crippen molar-refractivity contribution < 1.29 is 18.6 Å². The first kappa shape index (κ1) is 20.8. The number of imidazole rings is 1. The number of hydrogen-bond donors (Lipinski definition) is 2. The van der Waals surface area contributed by atoms with E-state index in [9.17, 15) is 13.9 Å². The van der Waals surface area contributed by atoms with Crippen LogP contribution in [0.5, 0.6) is 5.88 Å². The highest BCUT2D eigenvalue weighted by atomic mass is 19.1. The van der Waals surface area contributed by atoms with Crippen LogP contribution < -0.4 is 10.1 Å². The molecule has 4 heterocycles. The zero-order valence-electron chi connectivity index (χ0n) is 17.5. The number of hydrogen-bond acceptors (Lipinski definition) is 7. The summed E-state index contributed by atoms with van der Waals surface area (Å²) >= 11 is 0. The highest BCUT2D eigenvalue weighted by Crippen LogP contribution is 2.28. The van der Waals surface area contributed by atoms with Gasteiger partial charge in [-0.05, 0) is 29.8 Å². The number of rotatable bonds is 7. The Bertz CT molecular complexity index is 1440. The molecular formula is C22H19F2N7O2. The first-order chi connectivity index (χ1) is 16.1. The average molecular weight is 451 g/mol. The summed E-state index contributed by atoms with van der Waals surface area (Å²) in [6.45, 7) is 0.291. The van der Waals surface area contributed by atoms with Gasteiger partial charge in [0.15, 0.2) is 5.65 Å². The van der Waals surface area contributed by atoms with Crippen molar-refractivity contribution in [2.45, 2.75) is 6.54 Å². The number of pyridine rings is 1. The molecule has 9 nitrogen and oxygen atoms in total. The summed E-state index contributed by atoms with van der Waals surface area (Å²) in [4.78, 5) is 17.4. The van der Waals surface area contributed by atoms with Crippen LogP contribution in [-0.4, -0.2) is 54.4 Å². The van der Waals surface area contributed by atoms with Gasteiger partial charge in [-0.25, -0.2) is 18.7 Å². The third-order valence-corrected chi connectivity index (χ3v) is 5.16. The van der Waals surface area contributed by atoms with E-state index in [2.05, 4.69) is 25.3 Å². The topological polar surface area (TPSA) is 103 Å². The molecule has 168 valence electrons. The Kier molecular flexibility index (Phi) is 5.31. The van der Waals surface area contributed by atoms with Gasteiger partial charge < -0.3 is 24.3 Å². The number of anilines is 1. The molecule has 0 fully saturated rings. The fourth-order valence-corrected chi connectivity index (χ4v) is 3.78. The Labute approximate surface area is 186 Å². The van der Waals surface area contributed by atoms with Gasteiger partial charge in [-0.2, -0.15) is 9.97 Å². The second-order valence-electron chi connectivity index (χ2n) is 7.29. The smallest absolute Gasteiger partial charge is 0.241 e. The molecule has 11 heteroatoms. The number of nitrogens with one attached hydrogen (secondary N) is 1. The molecule has 0 aliphatic rings. The Hall–Kier alpha value is -4.12. The Morgan fingerprint density at radius 3 is 2.67 bits per heavy atom. The van der Waals surface area contributed by atoms with E-state index < -0.39 is 11.6 Å². The van der Waals surface area contributed by atoms with Gasteiger partial charge in [0.2, 0.25) is 11.8 Å². The van der Waals surface area contributed by atoms with Crippen LogP contribution in [0.25, 0.3) is 27.9 Å². The summed E-state index contributed by atoms with van der Waals surface area (Å²) in [6.07, 6.45) is 4.92. The van der Waals surface area contributed by atoms with Gasteiger partial charge in [-0.15, -0.1) is 0 Å². The van der Waals surface area contributed by atoms with E-state index in [1.807, 2.05) is 22.9 Å². The molecule has 2 N–H and O–H groups in total. The Morgan fingerprint density at radius 2 is 1.91 bits per heavy atom. The molecule has 0 aliphatic heterocycles. The number of aliphatic hydroxyl groups excluding tert-OH is 1. The number of ether oxygens (including phenoxy) is 1. The van der Waals surface area contributed by atoms with E-state index in [1.54, 1.807) is 10.8 Å². The summed E-state index contributed by atoms with van der Waals surface area (Å²) in [5, 5.41) is 12.3. The SMILES string of the molecule is COc1ncnc2ccn(-c3cnc4nc(NCCO)n(Cc5cc(F)cc(F)c5)c4c3)c12. The maximum absolute atomic E-state index is 13.8. The van der Waals surface area contributed by atoms with Crippen molar-refractivity contribution in [2.24, 2.45) is 0 Å². The molecule has 0 amide bonds. The molecule has 0 spiro atoms. The minimum atomic E-state index is -0.663. The van der Waals surface area contributed by atoms with Crippen LogP contribution in [0.2, 0.25) is 0 Å². The molecule has 5 rings (SSSR count). The van der Waals surface area contributed by atoms with Crippen molar-refractivity contribution >= 4 is 28.1 Å². The number of aliphatic hydroxyl groups is 1. The van der Waals surface area contributed by atoms with Crippen molar-refractivity contribution in [3.05, 3.63) is 66.3 Å². The highest BCUT2D eigenvalue weighted by Gasteiger charge is 2.16. The van der Waals surface area contributed by atoms with Crippen molar-refractivity contribution in [1.29, 1.82) is 0 Å². The minimum Gasteiger partial charge on any atom is -0.479 e. The molecule has 0 saturated carbocycles. The number of methoxy groups -OCH3 is 1. The van der Waals surface area contributed by atoms with Crippen LogP contribution in [0.1, 0.15) is 5.56 Å². The minimum absolute atomic E-state index is 0.106. The summed E-state index contributed by atoms with van der Waals surface area (Å²) in [7, 11) is 1.53. The fraction of sp³-hybridized carbons (Fsp3) is 0.182. The van der Waals surface area contributed by atoms with Gasteiger partial charge in [0.25, 0.3) is 0 Å². The number of halogens is 2. The molecule has 1 aromatic carbocycles. The summed E-state index contributed by atoms with van der Waals surface area (Å²) < 4.78 is 36.6. The first-order valence-corrected chi connectivity index (χ1v) is 10.1. The lowest BCUT2D eigenvalue weighted by Gasteiger charge is -2.12. The van der Waals surface area contributed by atoms with Crippen LogP contribution in [0.15, 0.2) is 49.1 Å². The predicted octanol–water partition coefficient (Wildman–Crippen LogP) is 2.90. The maximum Gasteiger partial charge on any atom is 0.241 e. The molecule has 0 atom stereocenters. The number of benzene rings is 1. The van der Waals surface area contributed by atoms with E-state index in [0.717, 1.165) is 6.07 Å². The number of nitrogens with zero attached hydrogens (tertiary/aromatic N) is 6. The molecule has 0 saturated heterocycles. The standard InChI is InChI=1S/C22H19F2N7O2/c1-33-21-19-17(27-12-28-21)2-4-30(19)16-9-18-20(26-10-16)29-22(25-3-5-32)31(18)11-13-6-14(23)8-15(24)7-13/h2,4,6-10,12,32H,3,5,11H2,1H3,(H,25,26,29). The third kappa shape index (κ3) is 3.82. The van der Waals surface area contributed by atoms with Crippen LogP contribution in [0.4, 0.5) is 14.7 Å². The van der Waals surface area contributed by atoms with E-state index in [1.165, 1.54) is 25.6 Å². The third-order valence-electron chi connectivity index (χ3n) is 5.16. The summed E-state index contributed by atoms with van der Waals surface area (Å²) in [6, 6.07) is 7.06. The van der Waals surface area contributed by atoms with Crippen molar-refractivity contribution in [3.8, 4) is 11.6 Å². The van der Waals surface area contributed by atoms with Gasteiger partial charge in [0.1, 0.15) is 23.5 Å². The monoisotopic (exact) mass is 451 g/mol.